The largest absolute Gasteiger partial charge is 0.308 e. The molecule has 6 heteroatoms. The number of rotatable bonds is 7. The summed E-state index contributed by atoms with van der Waals surface area (Å²) in [4.78, 5) is 4.33. The van der Waals surface area contributed by atoms with E-state index in [-0.39, 0.29) is 0 Å². The Morgan fingerprint density at radius 2 is 2.21 bits per heavy atom. The van der Waals surface area contributed by atoms with Gasteiger partial charge in [-0.05, 0) is 25.3 Å². The molecular weight excluding hydrogens is 240 g/mol. The predicted octanol–water partition coefficient (Wildman–Crippen LogP) is 1.18. The zero-order chi connectivity index (χ0) is 13.1. The molecule has 0 atom stereocenters. The van der Waals surface area contributed by atoms with Crippen LogP contribution in [-0.2, 0) is 19.6 Å². The maximum atomic E-state index is 4.39. The molecular formula is C13H20N6. The van der Waals surface area contributed by atoms with E-state index < -0.39 is 0 Å². The van der Waals surface area contributed by atoms with E-state index in [2.05, 4.69) is 33.5 Å². The highest BCUT2D eigenvalue weighted by molar-refractivity contribution is 5.03. The van der Waals surface area contributed by atoms with E-state index in [1.165, 1.54) is 18.5 Å². The molecule has 2 heterocycles. The van der Waals surface area contributed by atoms with Gasteiger partial charge in [-0.15, -0.1) is 0 Å². The van der Waals surface area contributed by atoms with Gasteiger partial charge >= 0.3 is 0 Å². The summed E-state index contributed by atoms with van der Waals surface area (Å²) in [5, 5.41) is 12.2. The third-order valence-corrected chi connectivity index (χ3v) is 3.38. The lowest BCUT2D eigenvalue weighted by Gasteiger charge is -2.09. The SMILES string of the molecule is CCCn1ncnc1Cn1nccc1CNC1CC1. The molecule has 1 saturated carbocycles. The molecule has 0 spiro atoms. The molecule has 2 aromatic rings. The molecule has 0 aliphatic heterocycles. The van der Waals surface area contributed by atoms with E-state index in [9.17, 15) is 0 Å². The lowest BCUT2D eigenvalue weighted by Crippen LogP contribution is -2.20. The normalized spacial score (nSPS) is 15.0. The van der Waals surface area contributed by atoms with Crippen LogP contribution in [0.2, 0.25) is 0 Å². The van der Waals surface area contributed by atoms with E-state index >= 15 is 0 Å². The monoisotopic (exact) mass is 260 g/mol. The summed E-state index contributed by atoms with van der Waals surface area (Å²) in [6.07, 6.45) is 7.14. The second-order valence-corrected chi connectivity index (χ2v) is 5.03. The summed E-state index contributed by atoms with van der Waals surface area (Å²) in [7, 11) is 0. The van der Waals surface area contributed by atoms with Crippen molar-refractivity contribution in [2.24, 2.45) is 0 Å². The van der Waals surface area contributed by atoms with Crippen LogP contribution in [0.3, 0.4) is 0 Å². The van der Waals surface area contributed by atoms with Crippen LogP contribution in [0.25, 0.3) is 0 Å². The molecule has 6 nitrogen and oxygen atoms in total. The molecule has 1 fully saturated rings. The standard InChI is InChI=1S/C13H20N6/c1-2-7-18-13(15-10-17-18)9-19-12(5-6-16-19)8-14-11-3-4-11/h5-6,10-11,14H,2-4,7-9H2,1H3. The van der Waals surface area contributed by atoms with Crippen LogP contribution in [0.1, 0.15) is 37.7 Å². The van der Waals surface area contributed by atoms with Gasteiger partial charge in [0.05, 0.1) is 5.69 Å². The second-order valence-electron chi connectivity index (χ2n) is 5.03. The highest BCUT2D eigenvalue weighted by Crippen LogP contribution is 2.19. The molecule has 0 radical (unpaired) electrons. The van der Waals surface area contributed by atoms with Gasteiger partial charge in [0.15, 0.2) is 0 Å². The van der Waals surface area contributed by atoms with Gasteiger partial charge in [0.2, 0.25) is 0 Å². The Kier molecular flexibility index (Phi) is 3.59. The van der Waals surface area contributed by atoms with Crippen molar-refractivity contribution in [3.05, 3.63) is 30.1 Å². The van der Waals surface area contributed by atoms with Crippen LogP contribution in [0.5, 0.6) is 0 Å². The Balaban J connectivity index is 1.67. The molecule has 2 aromatic heterocycles. The number of aryl methyl sites for hydroxylation is 1. The van der Waals surface area contributed by atoms with E-state index in [0.717, 1.165) is 25.3 Å². The van der Waals surface area contributed by atoms with Gasteiger partial charge in [0.25, 0.3) is 0 Å². The van der Waals surface area contributed by atoms with Crippen molar-refractivity contribution in [2.75, 3.05) is 0 Å². The number of aromatic nitrogens is 5. The van der Waals surface area contributed by atoms with Crippen molar-refractivity contribution in [3.63, 3.8) is 0 Å². The molecule has 19 heavy (non-hydrogen) atoms. The number of hydrogen-bond donors (Lipinski definition) is 1. The topological polar surface area (TPSA) is 60.6 Å². The van der Waals surface area contributed by atoms with Crippen molar-refractivity contribution in [2.45, 2.75) is 51.9 Å². The second kappa shape index (κ2) is 5.52. The van der Waals surface area contributed by atoms with Gasteiger partial charge in [-0.25, -0.2) is 9.67 Å². The molecule has 1 aliphatic rings. The van der Waals surface area contributed by atoms with E-state index in [1.807, 2.05) is 15.6 Å². The molecule has 0 saturated heterocycles. The number of nitrogens with one attached hydrogen (secondary N) is 1. The average molecular weight is 260 g/mol. The van der Waals surface area contributed by atoms with Crippen molar-refractivity contribution in [3.8, 4) is 0 Å². The quantitative estimate of drug-likeness (QED) is 0.812. The summed E-state index contributed by atoms with van der Waals surface area (Å²) < 4.78 is 3.96. The highest BCUT2D eigenvalue weighted by Gasteiger charge is 2.20. The van der Waals surface area contributed by atoms with Gasteiger partial charge in [-0.1, -0.05) is 6.92 Å². The molecule has 0 amide bonds. The van der Waals surface area contributed by atoms with Crippen LogP contribution in [0, 0.1) is 0 Å². The lowest BCUT2D eigenvalue weighted by atomic mass is 10.4. The van der Waals surface area contributed by atoms with E-state index in [1.54, 1.807) is 6.33 Å². The third kappa shape index (κ3) is 3.01. The molecule has 0 bridgehead atoms. The van der Waals surface area contributed by atoms with Crippen LogP contribution < -0.4 is 5.32 Å². The van der Waals surface area contributed by atoms with Crippen LogP contribution in [-0.4, -0.2) is 30.6 Å². The first-order valence-electron chi connectivity index (χ1n) is 6.97. The zero-order valence-corrected chi connectivity index (χ0v) is 11.3. The molecule has 1 aliphatic carbocycles. The fourth-order valence-electron chi connectivity index (χ4n) is 2.13. The summed E-state index contributed by atoms with van der Waals surface area (Å²) >= 11 is 0. The van der Waals surface area contributed by atoms with Crippen molar-refractivity contribution in [1.29, 1.82) is 0 Å². The lowest BCUT2D eigenvalue weighted by molar-refractivity contribution is 0.522. The molecule has 102 valence electrons. The fraction of sp³-hybridized carbons (Fsp3) is 0.615. The number of nitrogens with zero attached hydrogens (tertiary/aromatic N) is 5. The van der Waals surface area contributed by atoms with Crippen molar-refractivity contribution >= 4 is 0 Å². The summed E-state index contributed by atoms with van der Waals surface area (Å²) in [6, 6.07) is 2.78. The van der Waals surface area contributed by atoms with Gasteiger partial charge < -0.3 is 5.32 Å². The van der Waals surface area contributed by atoms with E-state index in [4.69, 9.17) is 0 Å². The summed E-state index contributed by atoms with van der Waals surface area (Å²) in [5.74, 6) is 0.971. The first-order chi connectivity index (χ1) is 9.36. The van der Waals surface area contributed by atoms with Crippen LogP contribution in [0.4, 0.5) is 0 Å². The maximum Gasteiger partial charge on any atom is 0.148 e. The minimum Gasteiger partial charge on any atom is -0.308 e. The van der Waals surface area contributed by atoms with Gasteiger partial charge in [-0.2, -0.15) is 10.2 Å². The third-order valence-electron chi connectivity index (χ3n) is 3.38. The Morgan fingerprint density at radius 3 is 3.00 bits per heavy atom. The smallest absolute Gasteiger partial charge is 0.148 e. The van der Waals surface area contributed by atoms with Gasteiger partial charge in [-0.3, -0.25) is 4.68 Å². The molecule has 0 aromatic carbocycles. The van der Waals surface area contributed by atoms with Crippen molar-refractivity contribution < 1.29 is 0 Å². The Hall–Kier alpha value is -1.69. The van der Waals surface area contributed by atoms with Crippen molar-refractivity contribution in [1.82, 2.24) is 29.9 Å². The summed E-state index contributed by atoms with van der Waals surface area (Å²) in [6.45, 7) is 4.62. The van der Waals surface area contributed by atoms with Crippen LogP contribution >= 0.6 is 0 Å². The zero-order valence-electron chi connectivity index (χ0n) is 11.3. The van der Waals surface area contributed by atoms with Gasteiger partial charge in [0.1, 0.15) is 18.7 Å². The first-order valence-corrected chi connectivity index (χ1v) is 6.97. The average Bonchev–Trinajstić information content (AvgIpc) is 2.98. The number of hydrogen-bond acceptors (Lipinski definition) is 4. The minimum atomic E-state index is 0.689. The summed E-state index contributed by atoms with van der Waals surface area (Å²) in [5.41, 5.74) is 1.21. The molecule has 3 rings (SSSR count). The Labute approximate surface area is 112 Å². The molecule has 0 unspecified atom stereocenters. The minimum absolute atomic E-state index is 0.689. The maximum absolute atomic E-state index is 4.39. The Morgan fingerprint density at radius 1 is 1.32 bits per heavy atom. The Bertz CT molecular complexity index is 525. The van der Waals surface area contributed by atoms with Gasteiger partial charge in [0, 0.05) is 25.3 Å². The van der Waals surface area contributed by atoms with Crippen LogP contribution in [0.15, 0.2) is 18.6 Å². The first kappa shape index (κ1) is 12.3. The molecule has 1 N–H and O–H groups in total. The predicted molar refractivity (Wildman–Crippen MR) is 71.5 cm³/mol. The van der Waals surface area contributed by atoms with E-state index in [0.29, 0.717) is 12.6 Å². The fourth-order valence-corrected chi connectivity index (χ4v) is 2.13. The highest BCUT2D eigenvalue weighted by atomic mass is 15.4.